The number of nitrogens with zero attached hydrogens (tertiary/aromatic N) is 2. The van der Waals surface area contributed by atoms with E-state index >= 15 is 0 Å². The van der Waals surface area contributed by atoms with Crippen LogP contribution < -0.4 is 10.1 Å². The Labute approximate surface area is 175 Å². The number of rotatable bonds is 8. The van der Waals surface area contributed by atoms with Crippen LogP contribution in [0.25, 0.3) is 16.7 Å². The number of nitrogens with one attached hydrogen (secondary N) is 1. The molecule has 3 aromatic carbocycles. The van der Waals surface area contributed by atoms with Crippen LogP contribution in [-0.2, 0) is 4.74 Å². The third-order valence-electron chi connectivity index (χ3n) is 4.68. The molecule has 0 spiro atoms. The van der Waals surface area contributed by atoms with E-state index in [9.17, 15) is 4.79 Å². The van der Waals surface area contributed by atoms with Crippen molar-refractivity contribution in [2.24, 2.45) is 0 Å². The van der Waals surface area contributed by atoms with Gasteiger partial charge in [0, 0.05) is 18.0 Å². The second-order valence-electron chi connectivity index (χ2n) is 6.65. The van der Waals surface area contributed by atoms with Crippen molar-refractivity contribution in [3.05, 3.63) is 84.7 Å². The van der Waals surface area contributed by atoms with Crippen molar-refractivity contribution in [2.75, 3.05) is 25.1 Å². The molecule has 1 amide bonds. The second-order valence-corrected chi connectivity index (χ2v) is 6.65. The summed E-state index contributed by atoms with van der Waals surface area (Å²) in [6.07, 6.45) is 1.80. The summed E-state index contributed by atoms with van der Waals surface area (Å²) >= 11 is 0. The van der Waals surface area contributed by atoms with Crippen molar-refractivity contribution < 1.29 is 14.3 Å². The zero-order valence-corrected chi connectivity index (χ0v) is 16.7. The monoisotopic (exact) mass is 401 g/mol. The molecule has 6 heteroatoms. The first-order valence-corrected chi connectivity index (χ1v) is 9.89. The minimum atomic E-state index is -0.220. The van der Waals surface area contributed by atoms with Gasteiger partial charge in [0.1, 0.15) is 18.7 Å². The van der Waals surface area contributed by atoms with Gasteiger partial charge in [-0.05, 0) is 55.5 Å². The summed E-state index contributed by atoms with van der Waals surface area (Å²) in [6.45, 7) is 3.45. The van der Waals surface area contributed by atoms with Crippen LogP contribution in [0.1, 0.15) is 17.3 Å². The van der Waals surface area contributed by atoms with E-state index in [0.29, 0.717) is 36.8 Å². The summed E-state index contributed by atoms with van der Waals surface area (Å²) in [5.41, 5.74) is 4.14. The summed E-state index contributed by atoms with van der Waals surface area (Å²) in [5.74, 6) is 0.319. The highest BCUT2D eigenvalue weighted by Crippen LogP contribution is 2.22. The van der Waals surface area contributed by atoms with Gasteiger partial charge < -0.3 is 14.8 Å². The van der Waals surface area contributed by atoms with E-state index in [0.717, 1.165) is 16.7 Å². The Morgan fingerprint density at radius 2 is 1.73 bits per heavy atom. The quantitative estimate of drug-likeness (QED) is 0.435. The van der Waals surface area contributed by atoms with Gasteiger partial charge in [0.05, 0.1) is 23.2 Å². The van der Waals surface area contributed by atoms with Crippen LogP contribution in [0.4, 0.5) is 5.69 Å². The molecule has 0 radical (unpaired) electrons. The van der Waals surface area contributed by atoms with Crippen LogP contribution >= 0.6 is 0 Å². The fourth-order valence-electron chi connectivity index (χ4n) is 3.20. The maximum absolute atomic E-state index is 12.8. The highest BCUT2D eigenvalue weighted by molar-refractivity contribution is 6.06. The lowest BCUT2D eigenvalue weighted by molar-refractivity contribution is 0.0998. The maximum Gasteiger partial charge on any atom is 0.259 e. The van der Waals surface area contributed by atoms with Crippen molar-refractivity contribution in [2.45, 2.75) is 6.92 Å². The van der Waals surface area contributed by atoms with E-state index in [1.54, 1.807) is 18.5 Å². The Kier molecular flexibility index (Phi) is 6.06. The Hall–Kier alpha value is -3.64. The summed E-state index contributed by atoms with van der Waals surface area (Å²) in [6, 6.07) is 22.8. The number of benzene rings is 3. The smallest absolute Gasteiger partial charge is 0.259 e. The van der Waals surface area contributed by atoms with Crippen LogP contribution in [0.5, 0.6) is 5.75 Å². The summed E-state index contributed by atoms with van der Waals surface area (Å²) in [4.78, 5) is 17.2. The third-order valence-corrected chi connectivity index (χ3v) is 4.68. The molecule has 0 bridgehead atoms. The molecule has 0 aliphatic carbocycles. The third kappa shape index (κ3) is 4.34. The first-order chi connectivity index (χ1) is 14.8. The molecule has 30 heavy (non-hydrogen) atoms. The summed E-state index contributed by atoms with van der Waals surface area (Å²) < 4.78 is 13.0. The van der Waals surface area contributed by atoms with Gasteiger partial charge in [-0.1, -0.05) is 24.3 Å². The molecule has 1 N–H and O–H groups in total. The van der Waals surface area contributed by atoms with Crippen molar-refractivity contribution in [3.63, 3.8) is 0 Å². The highest BCUT2D eigenvalue weighted by atomic mass is 16.5. The molecule has 4 rings (SSSR count). The van der Waals surface area contributed by atoms with Crippen molar-refractivity contribution >= 4 is 22.6 Å². The van der Waals surface area contributed by atoms with E-state index in [1.165, 1.54) is 0 Å². The van der Waals surface area contributed by atoms with Crippen molar-refractivity contribution in [1.29, 1.82) is 0 Å². The molecule has 0 atom stereocenters. The Balaban J connectivity index is 1.47. The summed E-state index contributed by atoms with van der Waals surface area (Å²) in [7, 11) is 0. The molecular formula is C24H23N3O3. The first-order valence-electron chi connectivity index (χ1n) is 9.89. The van der Waals surface area contributed by atoms with Gasteiger partial charge >= 0.3 is 0 Å². The molecule has 0 unspecified atom stereocenters. The molecule has 0 saturated heterocycles. The molecule has 0 saturated carbocycles. The molecule has 4 aromatic rings. The number of imidazole rings is 1. The fraction of sp³-hybridized carbons (Fsp3) is 0.167. The van der Waals surface area contributed by atoms with Crippen LogP contribution in [0.2, 0.25) is 0 Å². The maximum atomic E-state index is 12.8. The number of amides is 1. The summed E-state index contributed by atoms with van der Waals surface area (Å²) in [5, 5.41) is 2.93. The van der Waals surface area contributed by atoms with Gasteiger partial charge in [0.15, 0.2) is 0 Å². The van der Waals surface area contributed by atoms with Gasteiger partial charge in [-0.3, -0.25) is 9.36 Å². The molecule has 1 heterocycles. The van der Waals surface area contributed by atoms with E-state index < -0.39 is 0 Å². The Morgan fingerprint density at radius 3 is 2.57 bits per heavy atom. The zero-order chi connectivity index (χ0) is 20.8. The van der Waals surface area contributed by atoms with E-state index in [2.05, 4.69) is 10.3 Å². The van der Waals surface area contributed by atoms with Crippen molar-refractivity contribution in [3.8, 4) is 11.4 Å². The zero-order valence-electron chi connectivity index (χ0n) is 16.7. The SMILES string of the molecule is CCOCCOc1ccccc1C(=O)Nc1ccc(-n2cnc3ccccc32)cc1. The lowest BCUT2D eigenvalue weighted by atomic mass is 10.1. The molecule has 0 fully saturated rings. The van der Waals surface area contributed by atoms with Gasteiger partial charge in [0.2, 0.25) is 0 Å². The molecule has 152 valence electrons. The number of hydrogen-bond acceptors (Lipinski definition) is 4. The Bertz CT molecular complexity index is 1140. The number of anilines is 1. The topological polar surface area (TPSA) is 65.4 Å². The van der Waals surface area contributed by atoms with Gasteiger partial charge in [0.25, 0.3) is 5.91 Å². The number of aromatic nitrogens is 2. The minimum Gasteiger partial charge on any atom is -0.490 e. The molecule has 6 nitrogen and oxygen atoms in total. The number of fused-ring (bicyclic) bond motifs is 1. The predicted molar refractivity (Wildman–Crippen MR) is 117 cm³/mol. The van der Waals surface area contributed by atoms with E-state index in [-0.39, 0.29) is 5.91 Å². The lowest BCUT2D eigenvalue weighted by Gasteiger charge is -2.12. The fourth-order valence-corrected chi connectivity index (χ4v) is 3.20. The number of para-hydroxylation sites is 3. The normalized spacial score (nSPS) is 10.8. The number of ether oxygens (including phenoxy) is 2. The average molecular weight is 401 g/mol. The van der Waals surface area contributed by atoms with Crippen molar-refractivity contribution in [1.82, 2.24) is 9.55 Å². The minimum absolute atomic E-state index is 0.220. The highest BCUT2D eigenvalue weighted by Gasteiger charge is 2.13. The van der Waals surface area contributed by atoms with Gasteiger partial charge in [-0.15, -0.1) is 0 Å². The molecule has 0 aliphatic heterocycles. The standard InChI is InChI=1S/C24H23N3O3/c1-2-29-15-16-30-23-10-6-3-7-20(23)24(28)26-18-11-13-19(14-12-18)27-17-25-21-8-4-5-9-22(21)27/h3-14,17H,2,15-16H2,1H3,(H,26,28). The van der Waals surface area contributed by atoms with Crippen LogP contribution in [-0.4, -0.2) is 35.3 Å². The average Bonchev–Trinajstić information content (AvgIpc) is 3.22. The van der Waals surface area contributed by atoms with Crippen LogP contribution in [0, 0.1) is 0 Å². The van der Waals surface area contributed by atoms with E-state index in [4.69, 9.17) is 9.47 Å². The van der Waals surface area contributed by atoms with Gasteiger partial charge in [-0.25, -0.2) is 4.98 Å². The van der Waals surface area contributed by atoms with Gasteiger partial charge in [-0.2, -0.15) is 0 Å². The second kappa shape index (κ2) is 9.24. The van der Waals surface area contributed by atoms with Crippen LogP contribution in [0.3, 0.4) is 0 Å². The molecular weight excluding hydrogens is 378 g/mol. The lowest BCUT2D eigenvalue weighted by Crippen LogP contribution is -2.15. The largest absolute Gasteiger partial charge is 0.490 e. The number of hydrogen-bond donors (Lipinski definition) is 1. The predicted octanol–water partition coefficient (Wildman–Crippen LogP) is 4.69. The molecule has 1 aromatic heterocycles. The Morgan fingerprint density at radius 1 is 0.967 bits per heavy atom. The van der Waals surface area contributed by atoms with Crippen LogP contribution in [0.15, 0.2) is 79.1 Å². The van der Waals surface area contributed by atoms with E-state index in [1.807, 2.05) is 72.2 Å². The number of carbonyl (C=O) groups is 1. The molecule has 0 aliphatic rings. The number of carbonyl (C=O) groups excluding carboxylic acids is 1. The first kappa shape index (κ1) is 19.7.